The van der Waals surface area contributed by atoms with Crippen molar-refractivity contribution < 1.29 is 23.0 Å². The zero-order valence-corrected chi connectivity index (χ0v) is 21.4. The molecule has 0 unspecified atom stereocenters. The quantitative estimate of drug-likeness (QED) is 0.212. The summed E-state index contributed by atoms with van der Waals surface area (Å²) in [5.41, 5.74) is 2.82. The van der Waals surface area contributed by atoms with Crippen molar-refractivity contribution in [2.24, 2.45) is 4.99 Å². The van der Waals surface area contributed by atoms with Gasteiger partial charge in [-0.15, -0.1) is 0 Å². The molecule has 202 valence electrons. The van der Waals surface area contributed by atoms with Crippen molar-refractivity contribution in [2.75, 3.05) is 0 Å². The molecule has 1 aliphatic heterocycles. The Hall–Kier alpha value is -5.51. The second kappa shape index (κ2) is 11.3. The van der Waals surface area contributed by atoms with E-state index in [1.165, 1.54) is 47.8 Å². The predicted molar refractivity (Wildman–Crippen MR) is 146 cm³/mol. The van der Waals surface area contributed by atoms with Gasteiger partial charge in [-0.1, -0.05) is 60.7 Å². The Morgan fingerprint density at radius 3 is 2.34 bits per heavy atom. The fraction of sp³-hybridized carbons (Fsp3) is 0.0645. The molecule has 1 amide bonds. The normalized spacial score (nSPS) is 12.3. The van der Waals surface area contributed by atoms with Gasteiger partial charge in [-0.25, -0.2) is 28.5 Å². The molecule has 2 aromatic carbocycles. The fourth-order valence-corrected chi connectivity index (χ4v) is 4.27. The monoisotopic (exact) mass is 549 g/mol. The third-order valence-electron chi connectivity index (χ3n) is 6.26. The van der Waals surface area contributed by atoms with E-state index >= 15 is 4.39 Å². The van der Waals surface area contributed by atoms with Crippen LogP contribution in [0.3, 0.4) is 0 Å². The zero-order valence-electron chi connectivity index (χ0n) is 21.4. The van der Waals surface area contributed by atoms with E-state index in [4.69, 9.17) is 9.47 Å². The zero-order chi connectivity index (χ0) is 28.2. The number of carbonyl (C=O) groups is 1. The van der Waals surface area contributed by atoms with Crippen LogP contribution in [0, 0.1) is 11.6 Å². The molecule has 10 heteroatoms. The molecule has 0 radical (unpaired) electrons. The molecule has 0 saturated carbocycles. The molecule has 5 aromatic rings. The van der Waals surface area contributed by atoms with Crippen LogP contribution >= 0.6 is 0 Å². The first-order valence-electron chi connectivity index (χ1n) is 12.6. The van der Waals surface area contributed by atoms with Crippen molar-refractivity contribution in [3.05, 3.63) is 138 Å². The first-order valence-corrected chi connectivity index (χ1v) is 12.6. The van der Waals surface area contributed by atoms with Crippen LogP contribution in [0.1, 0.15) is 22.4 Å². The summed E-state index contributed by atoms with van der Waals surface area (Å²) in [6.07, 6.45) is 3.52. The van der Waals surface area contributed by atoms with Crippen LogP contribution in [0.4, 0.5) is 19.4 Å². The lowest BCUT2D eigenvalue weighted by atomic mass is 10.0. The maximum absolute atomic E-state index is 15.7. The summed E-state index contributed by atoms with van der Waals surface area (Å²) >= 11 is 0. The van der Waals surface area contributed by atoms with E-state index in [1.54, 1.807) is 0 Å². The summed E-state index contributed by atoms with van der Waals surface area (Å²) in [7, 11) is 0. The minimum atomic E-state index is -0.698. The minimum absolute atomic E-state index is 0.0615. The molecule has 8 nitrogen and oxygen atoms in total. The Balaban J connectivity index is 1.24. The summed E-state index contributed by atoms with van der Waals surface area (Å²) in [6, 6.07) is 24.5. The summed E-state index contributed by atoms with van der Waals surface area (Å²) in [5.74, 6) is -1.31. The van der Waals surface area contributed by atoms with Crippen molar-refractivity contribution in [1.82, 2.24) is 19.9 Å². The second-order valence-electron chi connectivity index (χ2n) is 9.03. The number of ether oxygens (including phenoxy) is 2. The van der Waals surface area contributed by atoms with E-state index < -0.39 is 17.7 Å². The van der Waals surface area contributed by atoms with Gasteiger partial charge in [0, 0.05) is 35.2 Å². The molecule has 4 heterocycles. The maximum atomic E-state index is 15.7. The molecule has 0 saturated heterocycles. The Morgan fingerprint density at radius 2 is 1.63 bits per heavy atom. The molecule has 1 aliphatic rings. The SMILES string of the molecule is O=C1Oc2cc(Oc3ncccc3F)cnc2CN1Cc1ccnc(N=C(c2ccccc2)c2ccccc2)c1F. The van der Waals surface area contributed by atoms with Gasteiger partial charge in [-0.05, 0) is 18.2 Å². The van der Waals surface area contributed by atoms with Crippen LogP contribution in [-0.4, -0.2) is 31.7 Å². The largest absolute Gasteiger partial charge is 0.435 e. The van der Waals surface area contributed by atoms with Gasteiger partial charge in [0.25, 0.3) is 5.88 Å². The molecule has 0 aliphatic carbocycles. The Kier molecular flexibility index (Phi) is 7.10. The number of benzene rings is 2. The summed E-state index contributed by atoms with van der Waals surface area (Å²) in [6.45, 7) is -0.0354. The predicted octanol–water partition coefficient (Wildman–Crippen LogP) is 6.63. The van der Waals surface area contributed by atoms with Gasteiger partial charge >= 0.3 is 6.09 Å². The molecular weight excluding hydrogens is 528 g/mol. The number of fused-ring (bicyclic) bond motifs is 1. The summed E-state index contributed by atoms with van der Waals surface area (Å²) < 4.78 is 40.5. The number of aliphatic imine (C=N–C) groups is 1. The molecule has 41 heavy (non-hydrogen) atoms. The van der Waals surface area contributed by atoms with Crippen molar-refractivity contribution in [2.45, 2.75) is 13.1 Å². The molecular formula is C31H21F2N5O3. The number of carbonyl (C=O) groups excluding carboxylic acids is 1. The molecule has 0 fully saturated rings. The van der Waals surface area contributed by atoms with Gasteiger partial charge in [-0.3, -0.25) is 9.88 Å². The van der Waals surface area contributed by atoms with Gasteiger partial charge in [0.05, 0.1) is 25.0 Å². The van der Waals surface area contributed by atoms with E-state index in [2.05, 4.69) is 19.9 Å². The highest BCUT2D eigenvalue weighted by atomic mass is 19.1. The summed E-state index contributed by atoms with van der Waals surface area (Å²) in [5, 5.41) is 0. The third-order valence-corrected chi connectivity index (χ3v) is 6.26. The molecule has 3 aromatic heterocycles. The number of halogens is 2. The molecule has 6 rings (SSSR count). The highest BCUT2D eigenvalue weighted by molar-refractivity contribution is 6.13. The van der Waals surface area contributed by atoms with E-state index in [1.807, 2.05) is 60.7 Å². The van der Waals surface area contributed by atoms with E-state index in [-0.39, 0.29) is 41.8 Å². The third kappa shape index (κ3) is 5.62. The Morgan fingerprint density at radius 1 is 0.902 bits per heavy atom. The molecule has 0 N–H and O–H groups in total. The van der Waals surface area contributed by atoms with Crippen molar-refractivity contribution >= 4 is 17.6 Å². The number of nitrogens with zero attached hydrogens (tertiary/aromatic N) is 5. The number of aromatic nitrogens is 3. The average molecular weight is 550 g/mol. The number of pyridine rings is 3. The van der Waals surface area contributed by atoms with Gasteiger partial charge in [0.1, 0.15) is 5.69 Å². The second-order valence-corrected chi connectivity index (χ2v) is 9.03. The van der Waals surface area contributed by atoms with Gasteiger partial charge in [0.2, 0.25) is 0 Å². The molecule has 0 atom stereocenters. The van der Waals surface area contributed by atoms with Crippen LogP contribution in [0.5, 0.6) is 17.4 Å². The number of hydrogen-bond acceptors (Lipinski definition) is 7. The Labute approximate surface area is 233 Å². The highest BCUT2D eigenvalue weighted by Gasteiger charge is 2.28. The number of amides is 1. The van der Waals surface area contributed by atoms with Crippen molar-refractivity contribution in [3.63, 3.8) is 0 Å². The van der Waals surface area contributed by atoms with Crippen LogP contribution < -0.4 is 9.47 Å². The number of hydrogen-bond donors (Lipinski definition) is 0. The van der Waals surface area contributed by atoms with Gasteiger partial charge < -0.3 is 9.47 Å². The lowest BCUT2D eigenvalue weighted by Crippen LogP contribution is -2.37. The molecule has 0 spiro atoms. The smallest absolute Gasteiger partial charge is 0.415 e. The van der Waals surface area contributed by atoms with Crippen LogP contribution in [-0.2, 0) is 13.1 Å². The Bertz CT molecular complexity index is 1710. The van der Waals surface area contributed by atoms with E-state index in [0.29, 0.717) is 11.4 Å². The number of rotatable bonds is 7. The van der Waals surface area contributed by atoms with Gasteiger partial charge in [0.15, 0.2) is 29.0 Å². The standard InChI is InChI=1S/C31H21F2N5O3/c32-24-12-7-14-35-30(24)40-23-16-26-25(36-17-23)19-38(31(39)41-26)18-22-13-15-34-29(27(22)33)37-28(20-8-3-1-4-9-20)21-10-5-2-6-11-21/h1-17H,18-19H2. The highest BCUT2D eigenvalue weighted by Crippen LogP contribution is 2.32. The maximum Gasteiger partial charge on any atom is 0.415 e. The van der Waals surface area contributed by atoms with Gasteiger partial charge in [-0.2, -0.15) is 0 Å². The minimum Gasteiger partial charge on any atom is -0.435 e. The topological polar surface area (TPSA) is 89.8 Å². The van der Waals surface area contributed by atoms with Crippen LogP contribution in [0.2, 0.25) is 0 Å². The average Bonchev–Trinajstić information content (AvgIpc) is 3.00. The van der Waals surface area contributed by atoms with Crippen molar-refractivity contribution in [3.8, 4) is 17.4 Å². The molecule has 0 bridgehead atoms. The lowest BCUT2D eigenvalue weighted by molar-refractivity contribution is 0.133. The van der Waals surface area contributed by atoms with E-state index in [0.717, 1.165) is 11.1 Å². The van der Waals surface area contributed by atoms with E-state index in [9.17, 15) is 9.18 Å². The van der Waals surface area contributed by atoms with Crippen LogP contribution in [0.25, 0.3) is 0 Å². The first kappa shape index (κ1) is 25.8. The van der Waals surface area contributed by atoms with Crippen molar-refractivity contribution in [1.29, 1.82) is 0 Å². The fourth-order valence-electron chi connectivity index (χ4n) is 4.27. The lowest BCUT2D eigenvalue weighted by Gasteiger charge is -2.27. The van der Waals surface area contributed by atoms with Crippen LogP contribution in [0.15, 0.2) is 109 Å². The first-order chi connectivity index (χ1) is 20.0. The summed E-state index contributed by atoms with van der Waals surface area (Å²) in [4.78, 5) is 31.0.